The third-order valence-electron chi connectivity index (χ3n) is 5.23. The van der Waals surface area contributed by atoms with Crippen molar-refractivity contribution in [2.45, 2.75) is 32.6 Å². The van der Waals surface area contributed by atoms with E-state index >= 15 is 0 Å². The summed E-state index contributed by atoms with van der Waals surface area (Å²) >= 11 is 0. The van der Waals surface area contributed by atoms with Crippen molar-refractivity contribution in [3.8, 4) is 5.69 Å². The first-order chi connectivity index (χ1) is 14.2. The number of carbonyl (C=O) groups is 2. The van der Waals surface area contributed by atoms with Crippen LogP contribution in [0.5, 0.6) is 0 Å². The molecule has 2 heterocycles. The summed E-state index contributed by atoms with van der Waals surface area (Å²) in [5.74, 6) is 0.248. The van der Waals surface area contributed by atoms with E-state index in [0.717, 1.165) is 43.7 Å². The minimum absolute atomic E-state index is 0.0775. The van der Waals surface area contributed by atoms with Crippen molar-refractivity contribution < 1.29 is 9.59 Å². The second-order valence-electron chi connectivity index (χ2n) is 7.49. The summed E-state index contributed by atoms with van der Waals surface area (Å²) in [4.78, 5) is 28.5. The Kier molecular flexibility index (Phi) is 7.81. The molecule has 7 nitrogen and oxygen atoms in total. The number of rotatable bonds is 9. The molecule has 1 aromatic carbocycles. The predicted molar refractivity (Wildman–Crippen MR) is 113 cm³/mol. The number of unbranched alkanes of at least 4 members (excludes halogenated alkanes) is 1. The lowest BCUT2D eigenvalue weighted by Gasteiger charge is -2.34. The average Bonchev–Trinajstić information content (AvgIpc) is 3.22. The molecule has 0 bridgehead atoms. The number of aryl methyl sites for hydroxylation is 1. The molecule has 0 unspecified atom stereocenters. The van der Waals surface area contributed by atoms with Gasteiger partial charge in [-0.2, -0.15) is 5.10 Å². The van der Waals surface area contributed by atoms with E-state index in [1.165, 1.54) is 0 Å². The molecule has 0 saturated carbocycles. The SMILES string of the molecule is CCCCNC(=O)CN1CCN(C(=O)CCc2cnn(-c3ccccc3)c2)CC1. The molecular formula is C22H31N5O2. The van der Waals surface area contributed by atoms with E-state index in [1.807, 2.05) is 52.3 Å². The molecule has 3 rings (SSSR count). The topological polar surface area (TPSA) is 70.5 Å². The Morgan fingerprint density at radius 2 is 1.86 bits per heavy atom. The van der Waals surface area contributed by atoms with Crippen molar-refractivity contribution >= 4 is 11.8 Å². The van der Waals surface area contributed by atoms with Crippen molar-refractivity contribution in [3.05, 3.63) is 48.3 Å². The monoisotopic (exact) mass is 397 g/mol. The van der Waals surface area contributed by atoms with Crippen LogP contribution in [0.1, 0.15) is 31.7 Å². The van der Waals surface area contributed by atoms with E-state index in [1.54, 1.807) is 0 Å². The average molecular weight is 398 g/mol. The van der Waals surface area contributed by atoms with Crippen molar-refractivity contribution in [3.63, 3.8) is 0 Å². The number of piperazine rings is 1. The zero-order valence-electron chi connectivity index (χ0n) is 17.2. The summed E-state index contributed by atoms with van der Waals surface area (Å²) < 4.78 is 1.84. The summed E-state index contributed by atoms with van der Waals surface area (Å²) in [5.41, 5.74) is 2.07. The van der Waals surface area contributed by atoms with Gasteiger partial charge in [-0.15, -0.1) is 0 Å². The number of hydrogen-bond donors (Lipinski definition) is 1. The maximum atomic E-state index is 12.6. The molecule has 1 aliphatic rings. The fraction of sp³-hybridized carbons (Fsp3) is 0.500. The van der Waals surface area contributed by atoms with Gasteiger partial charge in [0, 0.05) is 45.3 Å². The van der Waals surface area contributed by atoms with Crippen molar-refractivity contribution in [2.24, 2.45) is 0 Å². The molecule has 1 aromatic heterocycles. The Hall–Kier alpha value is -2.67. The van der Waals surface area contributed by atoms with Gasteiger partial charge < -0.3 is 10.2 Å². The summed E-state index contributed by atoms with van der Waals surface area (Å²) in [6.45, 7) is 6.14. The van der Waals surface area contributed by atoms with Gasteiger partial charge in [-0.1, -0.05) is 31.5 Å². The van der Waals surface area contributed by atoms with E-state index in [-0.39, 0.29) is 11.8 Å². The highest BCUT2D eigenvalue weighted by Crippen LogP contribution is 2.11. The first-order valence-corrected chi connectivity index (χ1v) is 10.5. The molecule has 7 heteroatoms. The Bertz CT molecular complexity index is 782. The number of nitrogens with zero attached hydrogens (tertiary/aromatic N) is 4. The zero-order chi connectivity index (χ0) is 20.5. The fourth-order valence-electron chi connectivity index (χ4n) is 3.44. The van der Waals surface area contributed by atoms with E-state index in [2.05, 4.69) is 22.2 Å². The lowest BCUT2D eigenvalue weighted by Crippen LogP contribution is -2.51. The van der Waals surface area contributed by atoms with Crippen LogP contribution in [-0.2, 0) is 16.0 Å². The molecule has 0 spiro atoms. The first-order valence-electron chi connectivity index (χ1n) is 10.5. The summed E-state index contributed by atoms with van der Waals surface area (Å²) in [6, 6.07) is 9.95. The van der Waals surface area contributed by atoms with Crippen LogP contribution in [0.15, 0.2) is 42.7 Å². The van der Waals surface area contributed by atoms with E-state index in [9.17, 15) is 9.59 Å². The smallest absolute Gasteiger partial charge is 0.234 e. The van der Waals surface area contributed by atoms with Crippen LogP contribution < -0.4 is 5.32 Å². The second-order valence-corrected chi connectivity index (χ2v) is 7.49. The second kappa shape index (κ2) is 10.8. The van der Waals surface area contributed by atoms with Gasteiger partial charge >= 0.3 is 0 Å². The van der Waals surface area contributed by atoms with Gasteiger partial charge in [0.2, 0.25) is 11.8 Å². The first kappa shape index (κ1) is 21.0. The third kappa shape index (κ3) is 6.42. The largest absolute Gasteiger partial charge is 0.355 e. The zero-order valence-corrected chi connectivity index (χ0v) is 17.2. The molecule has 1 N–H and O–H groups in total. The van der Waals surface area contributed by atoms with Crippen LogP contribution in [0.2, 0.25) is 0 Å². The molecule has 2 amide bonds. The lowest BCUT2D eigenvalue weighted by atomic mass is 10.1. The van der Waals surface area contributed by atoms with Gasteiger partial charge in [-0.05, 0) is 30.5 Å². The third-order valence-corrected chi connectivity index (χ3v) is 5.23. The molecule has 156 valence electrons. The van der Waals surface area contributed by atoms with Crippen LogP contribution in [0.25, 0.3) is 5.69 Å². The van der Waals surface area contributed by atoms with Crippen LogP contribution in [-0.4, -0.2) is 70.7 Å². The van der Waals surface area contributed by atoms with E-state index < -0.39 is 0 Å². The number of carbonyl (C=O) groups excluding carboxylic acids is 2. The highest BCUT2D eigenvalue weighted by molar-refractivity contribution is 5.78. The van der Waals surface area contributed by atoms with Crippen LogP contribution in [0.4, 0.5) is 0 Å². The van der Waals surface area contributed by atoms with Crippen molar-refractivity contribution in [1.82, 2.24) is 24.9 Å². The van der Waals surface area contributed by atoms with Crippen LogP contribution >= 0.6 is 0 Å². The molecule has 1 saturated heterocycles. The van der Waals surface area contributed by atoms with Crippen LogP contribution in [0, 0.1) is 0 Å². The van der Waals surface area contributed by atoms with Gasteiger partial charge in [0.05, 0.1) is 18.4 Å². The quantitative estimate of drug-likeness (QED) is 0.656. The molecule has 0 radical (unpaired) electrons. The van der Waals surface area contributed by atoms with Gasteiger partial charge in [0.15, 0.2) is 0 Å². The Balaban J connectivity index is 1.38. The van der Waals surface area contributed by atoms with Gasteiger partial charge in [-0.3, -0.25) is 14.5 Å². The van der Waals surface area contributed by atoms with Gasteiger partial charge in [-0.25, -0.2) is 4.68 Å². The molecule has 2 aromatic rings. The molecule has 1 aliphatic heterocycles. The number of benzene rings is 1. The number of nitrogens with one attached hydrogen (secondary N) is 1. The van der Waals surface area contributed by atoms with Gasteiger partial charge in [0.1, 0.15) is 0 Å². The minimum Gasteiger partial charge on any atom is -0.355 e. The minimum atomic E-state index is 0.0775. The molecule has 0 atom stereocenters. The summed E-state index contributed by atoms with van der Waals surface area (Å²) in [6.07, 6.45) is 7.07. The molecule has 29 heavy (non-hydrogen) atoms. The number of hydrogen-bond acceptors (Lipinski definition) is 4. The maximum absolute atomic E-state index is 12.6. The summed E-state index contributed by atoms with van der Waals surface area (Å²) in [5, 5.41) is 7.34. The standard InChI is InChI=1S/C22H31N5O2/c1-2-3-11-23-21(28)18-25-12-14-26(15-13-25)22(29)10-9-19-16-24-27(17-19)20-7-5-4-6-8-20/h4-8,16-17H,2-3,9-15,18H2,1H3,(H,23,28). The van der Waals surface area contributed by atoms with Crippen LogP contribution in [0.3, 0.4) is 0 Å². The highest BCUT2D eigenvalue weighted by atomic mass is 16.2. The van der Waals surface area contributed by atoms with Gasteiger partial charge in [0.25, 0.3) is 0 Å². The molecule has 0 aliphatic carbocycles. The van der Waals surface area contributed by atoms with E-state index in [0.29, 0.717) is 32.5 Å². The number of para-hydroxylation sites is 1. The lowest BCUT2D eigenvalue weighted by molar-refractivity contribution is -0.133. The van der Waals surface area contributed by atoms with Crippen molar-refractivity contribution in [1.29, 1.82) is 0 Å². The number of amides is 2. The van der Waals surface area contributed by atoms with Crippen molar-refractivity contribution in [2.75, 3.05) is 39.3 Å². The maximum Gasteiger partial charge on any atom is 0.234 e. The van der Waals surface area contributed by atoms with E-state index in [4.69, 9.17) is 0 Å². The fourth-order valence-corrected chi connectivity index (χ4v) is 3.44. The molecule has 1 fully saturated rings. The Morgan fingerprint density at radius 1 is 1.10 bits per heavy atom. The Labute approximate surface area is 172 Å². The molecular weight excluding hydrogens is 366 g/mol. The normalized spacial score (nSPS) is 14.7. The number of aromatic nitrogens is 2. The highest BCUT2D eigenvalue weighted by Gasteiger charge is 2.22. The predicted octanol–water partition coefficient (Wildman–Crippen LogP) is 1.87. The summed E-state index contributed by atoms with van der Waals surface area (Å²) in [7, 11) is 0. The Morgan fingerprint density at radius 3 is 2.59 bits per heavy atom.